The first-order valence-electron chi connectivity index (χ1n) is 7.53. The van der Waals surface area contributed by atoms with Crippen LogP contribution in [0.15, 0.2) is 24.3 Å². The van der Waals surface area contributed by atoms with Gasteiger partial charge in [-0.2, -0.15) is 0 Å². The Labute approximate surface area is 120 Å². The van der Waals surface area contributed by atoms with Crippen molar-refractivity contribution in [1.82, 2.24) is 10.2 Å². The average Bonchev–Trinajstić information content (AvgIpc) is 2.48. The largest absolute Gasteiger partial charge is 0.317 e. The highest BCUT2D eigenvalue weighted by atomic mass is 16.2. The Morgan fingerprint density at radius 1 is 1.20 bits per heavy atom. The molecule has 0 unspecified atom stereocenters. The van der Waals surface area contributed by atoms with E-state index in [1.807, 2.05) is 11.9 Å². The monoisotopic (exact) mass is 273 g/mol. The lowest BCUT2D eigenvalue weighted by Crippen LogP contribution is -2.48. The van der Waals surface area contributed by atoms with E-state index in [2.05, 4.69) is 34.5 Å². The van der Waals surface area contributed by atoms with Crippen molar-refractivity contribution in [3.8, 4) is 0 Å². The first kappa shape index (κ1) is 13.6. The second-order valence-corrected chi connectivity index (χ2v) is 5.90. The summed E-state index contributed by atoms with van der Waals surface area (Å²) in [5.74, 6) is 0.847. The van der Waals surface area contributed by atoms with Crippen LogP contribution < -0.4 is 10.2 Å². The van der Waals surface area contributed by atoms with E-state index in [1.165, 1.54) is 18.4 Å². The number of hydrogen-bond acceptors (Lipinski definition) is 3. The fourth-order valence-electron chi connectivity index (χ4n) is 3.17. The maximum Gasteiger partial charge on any atom is 0.241 e. The van der Waals surface area contributed by atoms with E-state index in [4.69, 9.17) is 0 Å². The number of nitrogens with zero attached hydrogens (tertiary/aromatic N) is 2. The molecule has 3 rings (SSSR count). The molecule has 1 amide bonds. The van der Waals surface area contributed by atoms with Gasteiger partial charge in [0.2, 0.25) is 5.91 Å². The van der Waals surface area contributed by atoms with Crippen LogP contribution >= 0.6 is 0 Å². The van der Waals surface area contributed by atoms with E-state index in [-0.39, 0.29) is 5.91 Å². The van der Waals surface area contributed by atoms with Gasteiger partial charge in [0.1, 0.15) is 0 Å². The van der Waals surface area contributed by atoms with Crippen molar-refractivity contribution in [2.45, 2.75) is 18.8 Å². The normalized spacial score (nSPS) is 22.2. The second kappa shape index (κ2) is 5.94. The number of amides is 1. The number of carbonyl (C=O) groups excluding carboxylic acids is 1. The summed E-state index contributed by atoms with van der Waals surface area (Å²) in [6.07, 6.45) is 2.39. The van der Waals surface area contributed by atoms with Crippen LogP contribution in [0.3, 0.4) is 0 Å². The van der Waals surface area contributed by atoms with E-state index >= 15 is 0 Å². The van der Waals surface area contributed by atoms with Crippen molar-refractivity contribution in [1.29, 1.82) is 0 Å². The summed E-state index contributed by atoms with van der Waals surface area (Å²) in [7, 11) is 2.00. The van der Waals surface area contributed by atoms with Gasteiger partial charge >= 0.3 is 0 Å². The fraction of sp³-hybridized carbons (Fsp3) is 0.562. The van der Waals surface area contributed by atoms with Gasteiger partial charge in [0.25, 0.3) is 0 Å². The molecule has 2 heterocycles. The number of anilines is 1. The Bertz CT molecular complexity index is 482. The third-order valence-electron chi connectivity index (χ3n) is 4.40. The molecule has 0 aliphatic carbocycles. The lowest BCUT2D eigenvalue weighted by molar-refractivity contribution is -0.120. The molecule has 0 saturated carbocycles. The molecule has 0 aromatic heterocycles. The van der Waals surface area contributed by atoms with Crippen LogP contribution in [0.4, 0.5) is 5.69 Å². The van der Waals surface area contributed by atoms with E-state index in [0.29, 0.717) is 12.5 Å². The third kappa shape index (κ3) is 2.86. The first-order chi connectivity index (χ1) is 9.74. The van der Waals surface area contributed by atoms with Gasteiger partial charge in [0.05, 0.1) is 6.54 Å². The average molecular weight is 273 g/mol. The van der Waals surface area contributed by atoms with Gasteiger partial charge in [-0.1, -0.05) is 12.1 Å². The van der Waals surface area contributed by atoms with Gasteiger partial charge in [-0.25, -0.2) is 0 Å². The van der Waals surface area contributed by atoms with Gasteiger partial charge in [0, 0.05) is 18.8 Å². The van der Waals surface area contributed by atoms with Gasteiger partial charge in [-0.3, -0.25) is 9.69 Å². The predicted octanol–water partition coefficient (Wildman–Crippen LogP) is 1.43. The SMILES string of the molecule is CN1CCN(c2cccc(C3CCNCC3)c2)C(=O)C1. The highest BCUT2D eigenvalue weighted by molar-refractivity contribution is 5.95. The Hall–Kier alpha value is -1.39. The van der Waals surface area contributed by atoms with Crippen molar-refractivity contribution in [2.24, 2.45) is 0 Å². The Morgan fingerprint density at radius 2 is 2.00 bits per heavy atom. The summed E-state index contributed by atoms with van der Waals surface area (Å²) in [4.78, 5) is 16.2. The molecule has 0 spiro atoms. The highest BCUT2D eigenvalue weighted by Crippen LogP contribution is 2.28. The summed E-state index contributed by atoms with van der Waals surface area (Å²) in [5.41, 5.74) is 2.45. The molecule has 1 aromatic carbocycles. The molecule has 2 aliphatic rings. The van der Waals surface area contributed by atoms with Crippen LogP contribution in [0.5, 0.6) is 0 Å². The topological polar surface area (TPSA) is 35.6 Å². The van der Waals surface area contributed by atoms with E-state index in [9.17, 15) is 4.79 Å². The van der Waals surface area contributed by atoms with Crippen LogP contribution in [0.25, 0.3) is 0 Å². The summed E-state index contributed by atoms with van der Waals surface area (Å²) >= 11 is 0. The van der Waals surface area contributed by atoms with Crippen molar-refractivity contribution in [2.75, 3.05) is 44.7 Å². The third-order valence-corrected chi connectivity index (χ3v) is 4.40. The van der Waals surface area contributed by atoms with Gasteiger partial charge < -0.3 is 10.2 Å². The Morgan fingerprint density at radius 3 is 2.75 bits per heavy atom. The van der Waals surface area contributed by atoms with Gasteiger partial charge in [-0.15, -0.1) is 0 Å². The summed E-state index contributed by atoms with van der Waals surface area (Å²) in [6, 6.07) is 8.59. The molecule has 1 aromatic rings. The molecule has 20 heavy (non-hydrogen) atoms. The number of nitrogens with one attached hydrogen (secondary N) is 1. The standard InChI is InChI=1S/C16H23N3O/c1-18-9-10-19(16(20)12-18)15-4-2-3-14(11-15)13-5-7-17-8-6-13/h2-4,11,13,17H,5-10,12H2,1H3. The molecule has 1 N–H and O–H groups in total. The minimum absolute atomic E-state index is 0.209. The predicted molar refractivity (Wildman–Crippen MR) is 81.1 cm³/mol. The number of benzene rings is 1. The molecular weight excluding hydrogens is 250 g/mol. The molecular formula is C16H23N3O. The van der Waals surface area contributed by atoms with Crippen molar-refractivity contribution >= 4 is 11.6 Å². The highest BCUT2D eigenvalue weighted by Gasteiger charge is 2.23. The van der Waals surface area contributed by atoms with Crippen LogP contribution in [-0.4, -0.2) is 50.6 Å². The Balaban J connectivity index is 1.78. The molecule has 0 radical (unpaired) electrons. The smallest absolute Gasteiger partial charge is 0.241 e. The number of carbonyl (C=O) groups is 1. The van der Waals surface area contributed by atoms with E-state index in [1.54, 1.807) is 0 Å². The summed E-state index contributed by atoms with van der Waals surface area (Å²) in [6.45, 7) is 4.47. The van der Waals surface area contributed by atoms with Crippen molar-refractivity contribution in [3.63, 3.8) is 0 Å². The van der Waals surface area contributed by atoms with Crippen molar-refractivity contribution < 1.29 is 4.79 Å². The van der Waals surface area contributed by atoms with E-state index in [0.717, 1.165) is 31.9 Å². The second-order valence-electron chi connectivity index (χ2n) is 5.90. The summed E-state index contributed by atoms with van der Waals surface area (Å²) in [5, 5.41) is 3.40. The van der Waals surface area contributed by atoms with Gasteiger partial charge in [-0.05, 0) is 56.6 Å². The van der Waals surface area contributed by atoms with Crippen LogP contribution in [0.1, 0.15) is 24.3 Å². The quantitative estimate of drug-likeness (QED) is 0.885. The maximum absolute atomic E-state index is 12.2. The Kier molecular flexibility index (Phi) is 4.03. The van der Waals surface area contributed by atoms with Crippen LogP contribution in [0, 0.1) is 0 Å². The molecule has 4 heteroatoms. The lowest BCUT2D eigenvalue weighted by Gasteiger charge is -2.33. The molecule has 0 bridgehead atoms. The number of likely N-dealkylation sites (N-methyl/N-ethyl adjacent to an activating group) is 1. The minimum atomic E-state index is 0.209. The molecule has 0 atom stereocenters. The van der Waals surface area contributed by atoms with Crippen LogP contribution in [-0.2, 0) is 4.79 Å². The molecule has 2 fully saturated rings. The summed E-state index contributed by atoms with van der Waals surface area (Å²) < 4.78 is 0. The van der Waals surface area contributed by atoms with Crippen LogP contribution in [0.2, 0.25) is 0 Å². The van der Waals surface area contributed by atoms with Crippen molar-refractivity contribution in [3.05, 3.63) is 29.8 Å². The number of piperazine rings is 1. The number of rotatable bonds is 2. The molecule has 2 aliphatic heterocycles. The number of hydrogen-bond donors (Lipinski definition) is 1. The lowest BCUT2D eigenvalue weighted by atomic mass is 9.90. The number of piperidine rings is 1. The first-order valence-corrected chi connectivity index (χ1v) is 7.53. The molecule has 4 nitrogen and oxygen atoms in total. The fourth-order valence-corrected chi connectivity index (χ4v) is 3.17. The minimum Gasteiger partial charge on any atom is -0.317 e. The van der Waals surface area contributed by atoms with Gasteiger partial charge in [0.15, 0.2) is 0 Å². The zero-order chi connectivity index (χ0) is 13.9. The molecule has 108 valence electrons. The van der Waals surface area contributed by atoms with E-state index < -0.39 is 0 Å². The zero-order valence-corrected chi connectivity index (χ0v) is 12.1. The molecule has 2 saturated heterocycles. The maximum atomic E-state index is 12.2. The zero-order valence-electron chi connectivity index (χ0n) is 12.1.